The zero-order valence-corrected chi connectivity index (χ0v) is 18.6. The van der Waals surface area contributed by atoms with Crippen LogP contribution in [0.4, 0.5) is 24.7 Å². The average Bonchev–Trinajstić information content (AvgIpc) is 3.54. The molecule has 5 aromatic rings. The molecule has 0 spiro atoms. The van der Waals surface area contributed by atoms with Crippen LogP contribution in [-0.4, -0.2) is 31.6 Å². The lowest BCUT2D eigenvalue weighted by atomic mass is 10.1. The van der Waals surface area contributed by atoms with Gasteiger partial charge in [0.15, 0.2) is 11.5 Å². The van der Waals surface area contributed by atoms with Gasteiger partial charge in [0.1, 0.15) is 5.75 Å². The molecule has 0 aliphatic heterocycles. The van der Waals surface area contributed by atoms with Gasteiger partial charge in [-0.1, -0.05) is 17.3 Å². The Morgan fingerprint density at radius 3 is 2.57 bits per heavy atom. The second kappa shape index (κ2) is 9.45. The lowest BCUT2D eigenvalue weighted by Crippen LogP contribution is -2.14. The topological polar surface area (TPSA) is 124 Å². The van der Waals surface area contributed by atoms with Crippen LogP contribution in [0, 0.1) is 0 Å². The fraction of sp³-hybridized carbons (Fsp3) is 0.0417. The summed E-state index contributed by atoms with van der Waals surface area (Å²) in [6.45, 7) is 0. The second-order valence-corrected chi connectivity index (χ2v) is 7.59. The predicted octanol–water partition coefficient (Wildman–Crippen LogP) is 5.03. The number of nitrogens with zero attached hydrogens (tertiary/aromatic N) is 4. The largest absolute Gasteiger partial charge is 0.438 e. The summed E-state index contributed by atoms with van der Waals surface area (Å²) >= 11 is 0. The van der Waals surface area contributed by atoms with Crippen molar-refractivity contribution in [1.82, 2.24) is 19.8 Å². The van der Waals surface area contributed by atoms with E-state index in [9.17, 15) is 22.8 Å². The van der Waals surface area contributed by atoms with Crippen molar-refractivity contribution in [3.63, 3.8) is 0 Å². The molecule has 37 heavy (non-hydrogen) atoms. The number of nitrogens with one attached hydrogen (secondary N) is 2. The zero-order valence-electron chi connectivity index (χ0n) is 18.6. The molecule has 0 unspecified atom stereocenters. The molecule has 0 bridgehead atoms. The van der Waals surface area contributed by atoms with Gasteiger partial charge in [0.25, 0.3) is 11.8 Å². The molecule has 10 nitrogen and oxygen atoms in total. The van der Waals surface area contributed by atoms with E-state index >= 15 is 0 Å². The Bertz CT molecular complexity index is 1600. The predicted molar refractivity (Wildman–Crippen MR) is 123 cm³/mol. The molecule has 0 atom stereocenters. The van der Waals surface area contributed by atoms with Gasteiger partial charge < -0.3 is 19.9 Å². The van der Waals surface area contributed by atoms with E-state index in [-0.39, 0.29) is 23.0 Å². The zero-order chi connectivity index (χ0) is 26.0. The van der Waals surface area contributed by atoms with Crippen LogP contribution in [0.2, 0.25) is 0 Å². The highest BCUT2D eigenvalue weighted by Crippen LogP contribution is 2.30. The third-order valence-corrected chi connectivity index (χ3v) is 4.97. The summed E-state index contributed by atoms with van der Waals surface area (Å²) in [5, 5.41) is 12.9. The standard InChI is InChI=1S/C24H15F3N6O4/c25-24(26,27)15-4-1-3-14(11-15)22(34)31-19-13-33-20(30-19)7-8-21(32-33)36-17-6-2-5-16(12-17)29-23(35)18-9-10-28-37-18/h1-13H,(H,29,35)(H,31,34). The van der Waals surface area contributed by atoms with Crippen molar-refractivity contribution >= 4 is 29.0 Å². The number of hydrogen-bond acceptors (Lipinski definition) is 7. The number of benzene rings is 2. The van der Waals surface area contributed by atoms with Crippen molar-refractivity contribution in [2.24, 2.45) is 0 Å². The molecule has 3 aromatic heterocycles. The Labute approximate surface area is 205 Å². The molecule has 0 aliphatic carbocycles. The number of amides is 2. The van der Waals surface area contributed by atoms with E-state index in [1.54, 1.807) is 36.4 Å². The summed E-state index contributed by atoms with van der Waals surface area (Å²) in [4.78, 5) is 28.8. The van der Waals surface area contributed by atoms with E-state index < -0.39 is 23.6 Å². The Morgan fingerprint density at radius 2 is 1.78 bits per heavy atom. The average molecular weight is 508 g/mol. The number of ether oxygens (including phenoxy) is 1. The van der Waals surface area contributed by atoms with Gasteiger partial charge in [-0.15, -0.1) is 5.10 Å². The van der Waals surface area contributed by atoms with Crippen LogP contribution in [-0.2, 0) is 6.18 Å². The maximum atomic E-state index is 12.9. The molecular formula is C24H15F3N6O4. The number of halogens is 3. The van der Waals surface area contributed by atoms with Crippen LogP contribution < -0.4 is 15.4 Å². The van der Waals surface area contributed by atoms with Crippen LogP contribution >= 0.6 is 0 Å². The first-order chi connectivity index (χ1) is 17.7. The SMILES string of the molecule is O=C(Nc1cn2nc(Oc3cccc(NC(=O)c4ccno4)c3)ccc2n1)c1cccc(C(F)(F)F)c1. The lowest BCUT2D eigenvalue weighted by molar-refractivity contribution is -0.137. The van der Waals surface area contributed by atoms with E-state index in [0.717, 1.165) is 18.2 Å². The maximum absolute atomic E-state index is 12.9. The van der Waals surface area contributed by atoms with Crippen molar-refractivity contribution in [2.75, 3.05) is 10.6 Å². The minimum absolute atomic E-state index is 0.0505. The first-order valence-corrected chi connectivity index (χ1v) is 10.6. The Morgan fingerprint density at radius 1 is 0.946 bits per heavy atom. The minimum Gasteiger partial charge on any atom is -0.438 e. The Balaban J connectivity index is 1.29. The smallest absolute Gasteiger partial charge is 0.416 e. The van der Waals surface area contributed by atoms with Gasteiger partial charge in [-0.3, -0.25) is 9.59 Å². The van der Waals surface area contributed by atoms with Crippen LogP contribution in [0.1, 0.15) is 26.5 Å². The molecule has 0 radical (unpaired) electrons. The third kappa shape index (κ3) is 5.40. The second-order valence-electron chi connectivity index (χ2n) is 7.59. The first-order valence-electron chi connectivity index (χ1n) is 10.6. The fourth-order valence-corrected chi connectivity index (χ4v) is 3.29. The molecule has 0 saturated carbocycles. The Hall–Kier alpha value is -5.20. The number of anilines is 2. The van der Waals surface area contributed by atoms with Gasteiger partial charge in [0.05, 0.1) is 18.0 Å². The lowest BCUT2D eigenvalue weighted by Gasteiger charge is -2.08. The van der Waals surface area contributed by atoms with E-state index in [0.29, 0.717) is 17.1 Å². The number of fused-ring (bicyclic) bond motifs is 1. The summed E-state index contributed by atoms with van der Waals surface area (Å²) in [5.41, 5.74) is -0.290. The van der Waals surface area contributed by atoms with Crippen molar-refractivity contribution in [2.45, 2.75) is 6.18 Å². The number of alkyl halides is 3. The molecule has 2 N–H and O–H groups in total. The van der Waals surface area contributed by atoms with Crippen LogP contribution in [0.25, 0.3) is 5.65 Å². The number of hydrogen-bond donors (Lipinski definition) is 2. The summed E-state index contributed by atoms with van der Waals surface area (Å²) in [5.74, 6) is -0.541. The molecule has 0 aliphatic rings. The van der Waals surface area contributed by atoms with Crippen molar-refractivity contribution in [1.29, 1.82) is 0 Å². The minimum atomic E-state index is -4.57. The summed E-state index contributed by atoms with van der Waals surface area (Å²) in [6, 6.07) is 15.2. The first kappa shape index (κ1) is 23.5. The van der Waals surface area contributed by atoms with Gasteiger partial charge in [0, 0.05) is 29.4 Å². The summed E-state index contributed by atoms with van der Waals surface area (Å²) < 4.78 is 50.7. The number of carbonyl (C=O) groups excluding carboxylic acids is 2. The van der Waals surface area contributed by atoms with Crippen LogP contribution in [0.15, 0.2) is 83.6 Å². The molecule has 2 amide bonds. The van der Waals surface area contributed by atoms with E-state index in [2.05, 4.69) is 25.9 Å². The molecular weight excluding hydrogens is 493 g/mol. The monoisotopic (exact) mass is 508 g/mol. The third-order valence-electron chi connectivity index (χ3n) is 4.97. The van der Waals surface area contributed by atoms with Gasteiger partial charge in [0.2, 0.25) is 11.6 Å². The number of carbonyl (C=O) groups is 2. The van der Waals surface area contributed by atoms with Crippen LogP contribution in [0.3, 0.4) is 0 Å². The maximum Gasteiger partial charge on any atom is 0.416 e. The van der Waals surface area contributed by atoms with Crippen molar-refractivity contribution < 1.29 is 32.0 Å². The normalized spacial score (nSPS) is 11.3. The van der Waals surface area contributed by atoms with Crippen molar-refractivity contribution in [3.05, 3.63) is 96.0 Å². The van der Waals surface area contributed by atoms with E-state index in [1.807, 2.05) is 0 Å². The quantitative estimate of drug-likeness (QED) is 0.330. The molecule has 3 heterocycles. The van der Waals surface area contributed by atoms with Gasteiger partial charge in [-0.2, -0.15) is 13.2 Å². The highest BCUT2D eigenvalue weighted by molar-refractivity contribution is 6.04. The van der Waals surface area contributed by atoms with Gasteiger partial charge >= 0.3 is 6.18 Å². The molecule has 0 saturated heterocycles. The van der Waals surface area contributed by atoms with Crippen molar-refractivity contribution in [3.8, 4) is 11.6 Å². The van der Waals surface area contributed by atoms with Crippen LogP contribution in [0.5, 0.6) is 11.6 Å². The molecule has 2 aromatic carbocycles. The van der Waals surface area contributed by atoms with E-state index in [1.165, 1.54) is 29.0 Å². The molecule has 5 rings (SSSR count). The molecule has 186 valence electrons. The number of imidazole rings is 1. The Kier molecular flexibility index (Phi) is 6.01. The summed E-state index contributed by atoms with van der Waals surface area (Å²) in [6.07, 6.45) is -1.82. The van der Waals surface area contributed by atoms with E-state index in [4.69, 9.17) is 9.26 Å². The highest BCUT2D eigenvalue weighted by Gasteiger charge is 2.31. The summed E-state index contributed by atoms with van der Waals surface area (Å²) in [7, 11) is 0. The molecule has 0 fully saturated rings. The number of rotatable bonds is 6. The number of aromatic nitrogens is 4. The fourth-order valence-electron chi connectivity index (χ4n) is 3.29. The highest BCUT2D eigenvalue weighted by atomic mass is 19.4. The molecule has 13 heteroatoms. The van der Waals surface area contributed by atoms with Gasteiger partial charge in [-0.25, -0.2) is 9.50 Å². The van der Waals surface area contributed by atoms with Gasteiger partial charge in [-0.05, 0) is 36.4 Å².